The van der Waals surface area contributed by atoms with Crippen LogP contribution in [0.3, 0.4) is 0 Å². The summed E-state index contributed by atoms with van der Waals surface area (Å²) in [5.74, 6) is -1.16. The Hall–Kier alpha value is -4.55. The van der Waals surface area contributed by atoms with Crippen LogP contribution in [-0.2, 0) is 17.4 Å². The van der Waals surface area contributed by atoms with Gasteiger partial charge < -0.3 is 15.7 Å². The summed E-state index contributed by atoms with van der Waals surface area (Å²) >= 11 is 0. The number of aliphatic carboxylic acids is 1. The molecule has 2 aliphatic carbocycles. The fourth-order valence-electron chi connectivity index (χ4n) is 5.00. The fourth-order valence-corrected chi connectivity index (χ4v) is 5.00. The van der Waals surface area contributed by atoms with E-state index in [1.54, 1.807) is 0 Å². The van der Waals surface area contributed by atoms with E-state index in [-0.39, 0.29) is 12.5 Å². The predicted octanol–water partition coefficient (Wildman–Crippen LogP) is 5.16. The standard InChI is InChI=1S/C27H23F4N7O2/c1-2-32-19-8-15(28)7-17-16(19)9-20-22(17)23(38-6-3-21(37-38)27(29,30)31)18(12-33-20)14-10-34-25(35-11-14)36-13-26(4-5-26)24(39)40/h3,6-8,10-12,32H,2,4-5,9,13H2,1H3,(H,39,40)(H,34,35,36). The smallest absolute Gasteiger partial charge is 0.435 e. The van der Waals surface area contributed by atoms with Crippen molar-refractivity contribution in [2.24, 2.45) is 5.41 Å². The summed E-state index contributed by atoms with van der Waals surface area (Å²) in [7, 11) is 0. The second-order valence-corrected chi connectivity index (χ2v) is 9.91. The lowest BCUT2D eigenvalue weighted by Gasteiger charge is -2.16. The number of carboxylic acids is 1. The van der Waals surface area contributed by atoms with E-state index in [1.165, 1.54) is 36.9 Å². The number of rotatable bonds is 8. The van der Waals surface area contributed by atoms with Gasteiger partial charge in [0, 0.05) is 66.7 Å². The van der Waals surface area contributed by atoms with Crippen LogP contribution in [0.25, 0.3) is 27.9 Å². The van der Waals surface area contributed by atoms with E-state index in [0.717, 1.165) is 16.3 Å². The van der Waals surface area contributed by atoms with Gasteiger partial charge in [0.1, 0.15) is 5.82 Å². The van der Waals surface area contributed by atoms with Gasteiger partial charge in [0.2, 0.25) is 5.95 Å². The predicted molar refractivity (Wildman–Crippen MR) is 138 cm³/mol. The first-order valence-electron chi connectivity index (χ1n) is 12.6. The average molecular weight is 554 g/mol. The second-order valence-electron chi connectivity index (χ2n) is 9.91. The van der Waals surface area contributed by atoms with Crippen LogP contribution in [0.4, 0.5) is 29.2 Å². The maximum Gasteiger partial charge on any atom is 0.435 e. The average Bonchev–Trinajstić information content (AvgIpc) is 3.37. The number of alkyl halides is 3. The number of fused-ring (bicyclic) bond motifs is 3. The number of halogens is 4. The topological polar surface area (TPSA) is 118 Å². The van der Waals surface area contributed by atoms with Gasteiger partial charge in [-0.3, -0.25) is 9.78 Å². The number of hydrogen-bond acceptors (Lipinski definition) is 7. The molecule has 3 N–H and O–H groups in total. The lowest BCUT2D eigenvalue weighted by molar-refractivity contribution is -0.143. The number of pyridine rings is 1. The van der Waals surface area contributed by atoms with Gasteiger partial charge in [0.15, 0.2) is 5.69 Å². The molecule has 0 bridgehead atoms. The first kappa shape index (κ1) is 25.7. The molecule has 206 valence electrons. The molecular formula is C27H23F4N7O2. The van der Waals surface area contributed by atoms with Crippen LogP contribution >= 0.6 is 0 Å². The van der Waals surface area contributed by atoms with E-state index in [9.17, 15) is 27.5 Å². The van der Waals surface area contributed by atoms with Crippen molar-refractivity contribution < 1.29 is 27.5 Å². The zero-order valence-corrected chi connectivity index (χ0v) is 21.2. The van der Waals surface area contributed by atoms with Crippen LogP contribution in [0.5, 0.6) is 0 Å². The van der Waals surface area contributed by atoms with Crippen molar-refractivity contribution in [2.45, 2.75) is 32.4 Å². The van der Waals surface area contributed by atoms with Crippen LogP contribution < -0.4 is 10.6 Å². The largest absolute Gasteiger partial charge is 0.481 e. The zero-order chi connectivity index (χ0) is 28.2. The van der Waals surface area contributed by atoms with Gasteiger partial charge >= 0.3 is 12.1 Å². The minimum Gasteiger partial charge on any atom is -0.481 e. The lowest BCUT2D eigenvalue weighted by atomic mass is 9.99. The zero-order valence-electron chi connectivity index (χ0n) is 21.2. The number of benzene rings is 1. The Morgan fingerprint density at radius 3 is 2.48 bits per heavy atom. The summed E-state index contributed by atoms with van der Waals surface area (Å²) in [5, 5.41) is 19.3. The second kappa shape index (κ2) is 9.28. The van der Waals surface area contributed by atoms with E-state index in [2.05, 4.69) is 30.7 Å². The molecular weight excluding hydrogens is 530 g/mol. The molecule has 13 heteroatoms. The highest BCUT2D eigenvalue weighted by Crippen LogP contribution is 2.47. The number of anilines is 2. The summed E-state index contributed by atoms with van der Waals surface area (Å²) in [6.07, 6.45) is 2.52. The van der Waals surface area contributed by atoms with Crippen LogP contribution in [0.2, 0.25) is 0 Å². The molecule has 0 amide bonds. The van der Waals surface area contributed by atoms with Crippen LogP contribution in [0.15, 0.2) is 43.0 Å². The molecule has 1 fully saturated rings. The first-order chi connectivity index (χ1) is 19.1. The van der Waals surface area contributed by atoms with Crippen molar-refractivity contribution in [3.63, 3.8) is 0 Å². The number of carbonyl (C=O) groups is 1. The molecule has 40 heavy (non-hydrogen) atoms. The monoisotopic (exact) mass is 553 g/mol. The first-order valence-corrected chi connectivity index (χ1v) is 12.6. The van der Waals surface area contributed by atoms with Crippen molar-refractivity contribution in [2.75, 3.05) is 23.7 Å². The molecule has 3 aromatic heterocycles. The van der Waals surface area contributed by atoms with Crippen molar-refractivity contribution in [3.05, 3.63) is 65.8 Å². The maximum atomic E-state index is 14.7. The molecule has 2 aliphatic rings. The van der Waals surface area contributed by atoms with E-state index < -0.39 is 29.1 Å². The van der Waals surface area contributed by atoms with Crippen molar-refractivity contribution >= 4 is 17.6 Å². The van der Waals surface area contributed by atoms with Crippen LogP contribution in [-0.4, -0.2) is 48.9 Å². The molecule has 1 saturated carbocycles. The van der Waals surface area contributed by atoms with Gasteiger partial charge in [0.25, 0.3) is 0 Å². The van der Waals surface area contributed by atoms with Gasteiger partial charge in [-0.25, -0.2) is 19.0 Å². The lowest BCUT2D eigenvalue weighted by Crippen LogP contribution is -2.25. The van der Waals surface area contributed by atoms with E-state index >= 15 is 0 Å². The van der Waals surface area contributed by atoms with Crippen LogP contribution in [0, 0.1) is 11.2 Å². The number of hydrogen-bond donors (Lipinski definition) is 3. The van der Waals surface area contributed by atoms with Gasteiger partial charge in [0.05, 0.1) is 16.8 Å². The molecule has 0 unspecified atom stereocenters. The molecule has 6 rings (SSSR count). The van der Waals surface area contributed by atoms with Crippen molar-refractivity contribution in [3.8, 4) is 27.9 Å². The Morgan fingerprint density at radius 2 is 1.85 bits per heavy atom. The third-order valence-electron chi connectivity index (χ3n) is 7.29. The molecule has 0 saturated heterocycles. The van der Waals surface area contributed by atoms with E-state index in [1.807, 2.05) is 6.92 Å². The summed E-state index contributed by atoms with van der Waals surface area (Å²) < 4.78 is 56.3. The summed E-state index contributed by atoms with van der Waals surface area (Å²) in [4.78, 5) is 24.6. The third kappa shape index (κ3) is 4.40. The highest BCUT2D eigenvalue weighted by molar-refractivity contribution is 5.91. The fraction of sp³-hybridized carbons (Fsp3) is 0.296. The normalized spacial score (nSPS) is 14.9. The van der Waals surface area contributed by atoms with E-state index in [4.69, 9.17) is 0 Å². The van der Waals surface area contributed by atoms with E-state index in [0.29, 0.717) is 65.1 Å². The summed E-state index contributed by atoms with van der Waals surface area (Å²) in [6.45, 7) is 2.61. The Kier molecular flexibility index (Phi) is 5.97. The minimum absolute atomic E-state index is 0.178. The highest BCUT2D eigenvalue weighted by atomic mass is 19.4. The Labute approximate surface area is 225 Å². The maximum absolute atomic E-state index is 14.7. The number of nitrogens with zero attached hydrogens (tertiary/aromatic N) is 5. The minimum atomic E-state index is -4.66. The Bertz CT molecular complexity index is 1630. The Balaban J connectivity index is 1.46. The number of aromatic nitrogens is 5. The SMILES string of the molecule is CCNc1cc(F)cc2c1Cc1ncc(-c3cnc(NCC4(C(=O)O)CC4)nc3)c(-n3ccc(C(F)(F)F)n3)c1-2. The molecule has 4 aromatic rings. The van der Waals surface area contributed by atoms with Gasteiger partial charge in [-0.1, -0.05) is 0 Å². The number of nitrogens with one attached hydrogen (secondary N) is 2. The van der Waals surface area contributed by atoms with Crippen molar-refractivity contribution in [1.29, 1.82) is 0 Å². The number of carboxylic acid groups (broad SMARTS) is 1. The summed E-state index contributed by atoms with van der Waals surface area (Å²) in [5.41, 5.74) is 2.18. The molecule has 1 aromatic carbocycles. The molecule has 9 nitrogen and oxygen atoms in total. The quantitative estimate of drug-likeness (QED) is 0.226. The molecule has 3 heterocycles. The van der Waals surface area contributed by atoms with Crippen molar-refractivity contribution in [1.82, 2.24) is 24.7 Å². The molecule has 0 aliphatic heterocycles. The van der Waals surface area contributed by atoms with Crippen LogP contribution in [0.1, 0.15) is 36.7 Å². The third-order valence-corrected chi connectivity index (χ3v) is 7.29. The highest BCUT2D eigenvalue weighted by Gasteiger charge is 2.50. The molecule has 0 radical (unpaired) electrons. The molecule has 0 atom stereocenters. The molecule has 0 spiro atoms. The van der Waals surface area contributed by atoms with Gasteiger partial charge in [-0.2, -0.15) is 18.3 Å². The Morgan fingerprint density at radius 1 is 1.10 bits per heavy atom. The van der Waals surface area contributed by atoms with Gasteiger partial charge in [-0.05, 0) is 49.1 Å². The van der Waals surface area contributed by atoms with Gasteiger partial charge in [-0.15, -0.1) is 0 Å². The summed E-state index contributed by atoms with van der Waals surface area (Å²) in [6, 6.07) is 3.62.